The van der Waals surface area contributed by atoms with Crippen LogP contribution in [0, 0.1) is 0 Å². The normalized spacial score (nSPS) is 10.7. The van der Waals surface area contributed by atoms with Crippen LogP contribution in [0.15, 0.2) is 22.7 Å². The Morgan fingerprint density at radius 1 is 1.44 bits per heavy atom. The van der Waals surface area contributed by atoms with Gasteiger partial charge in [0.2, 0.25) is 5.91 Å². The molecule has 1 rings (SSSR count). The topological polar surface area (TPSA) is 58.4 Å². The van der Waals surface area contributed by atoms with E-state index in [1.807, 2.05) is 0 Å². The van der Waals surface area contributed by atoms with E-state index in [9.17, 15) is 4.79 Å². The van der Waals surface area contributed by atoms with Crippen LogP contribution >= 0.6 is 15.9 Å². The highest BCUT2D eigenvalue weighted by Gasteiger charge is 2.09. The molecule has 1 aromatic rings. The van der Waals surface area contributed by atoms with Crippen molar-refractivity contribution in [3.05, 3.63) is 22.7 Å². The number of benzene rings is 1. The summed E-state index contributed by atoms with van der Waals surface area (Å²) in [6, 6.07) is 5.34. The van der Waals surface area contributed by atoms with E-state index in [0.717, 1.165) is 29.7 Å². The maximum atomic E-state index is 11.9. The largest absolute Gasteiger partial charge is 0.399 e. The van der Waals surface area contributed by atoms with Crippen LogP contribution in [0.25, 0.3) is 0 Å². The standard InChI is InChI=1S/C13H20BrN3O/c1-3-7-17(4-2)9-13(18)16-12-6-5-10(15)8-11(12)14/h5-6,8H,3-4,7,9,15H2,1-2H3,(H,16,18). The van der Waals surface area contributed by atoms with Crippen LogP contribution < -0.4 is 11.1 Å². The Morgan fingerprint density at radius 2 is 2.17 bits per heavy atom. The summed E-state index contributed by atoms with van der Waals surface area (Å²) < 4.78 is 0.800. The molecule has 0 aliphatic heterocycles. The lowest BCUT2D eigenvalue weighted by molar-refractivity contribution is -0.117. The number of nitrogen functional groups attached to an aromatic ring is 1. The van der Waals surface area contributed by atoms with Gasteiger partial charge in [-0.1, -0.05) is 13.8 Å². The highest BCUT2D eigenvalue weighted by atomic mass is 79.9. The molecule has 1 amide bonds. The minimum atomic E-state index is -0.00392. The van der Waals surface area contributed by atoms with Crippen LogP contribution in [0.4, 0.5) is 11.4 Å². The zero-order chi connectivity index (χ0) is 13.5. The molecule has 0 radical (unpaired) electrons. The Labute approximate surface area is 117 Å². The molecule has 0 saturated heterocycles. The van der Waals surface area contributed by atoms with Crippen molar-refractivity contribution in [1.29, 1.82) is 0 Å². The van der Waals surface area contributed by atoms with Crippen LogP contribution in [-0.4, -0.2) is 30.4 Å². The molecule has 0 fully saturated rings. The Morgan fingerprint density at radius 3 is 2.72 bits per heavy atom. The fourth-order valence-electron chi connectivity index (χ4n) is 1.69. The molecule has 4 nitrogen and oxygen atoms in total. The van der Waals surface area contributed by atoms with Gasteiger partial charge in [-0.15, -0.1) is 0 Å². The molecule has 100 valence electrons. The van der Waals surface area contributed by atoms with Gasteiger partial charge < -0.3 is 11.1 Å². The van der Waals surface area contributed by atoms with E-state index >= 15 is 0 Å². The lowest BCUT2D eigenvalue weighted by atomic mass is 10.3. The van der Waals surface area contributed by atoms with E-state index in [1.54, 1.807) is 18.2 Å². The maximum Gasteiger partial charge on any atom is 0.238 e. The predicted octanol–water partition coefficient (Wildman–Crippen LogP) is 2.70. The Balaban J connectivity index is 2.58. The van der Waals surface area contributed by atoms with Crippen molar-refractivity contribution in [2.75, 3.05) is 30.7 Å². The van der Waals surface area contributed by atoms with E-state index in [2.05, 4.69) is 40.0 Å². The van der Waals surface area contributed by atoms with Crippen molar-refractivity contribution in [3.63, 3.8) is 0 Å². The molecule has 5 heteroatoms. The van der Waals surface area contributed by atoms with Crippen molar-refractivity contribution < 1.29 is 4.79 Å². The van der Waals surface area contributed by atoms with E-state index < -0.39 is 0 Å². The predicted molar refractivity (Wildman–Crippen MR) is 79.6 cm³/mol. The van der Waals surface area contributed by atoms with Crippen molar-refractivity contribution in [2.45, 2.75) is 20.3 Å². The molecule has 0 heterocycles. The van der Waals surface area contributed by atoms with E-state index in [1.165, 1.54) is 0 Å². The SMILES string of the molecule is CCCN(CC)CC(=O)Nc1ccc(N)cc1Br. The fraction of sp³-hybridized carbons (Fsp3) is 0.462. The minimum absolute atomic E-state index is 0.00392. The second-order valence-corrected chi connectivity index (χ2v) is 5.01. The fourth-order valence-corrected chi connectivity index (χ4v) is 2.19. The Hall–Kier alpha value is -1.07. The number of hydrogen-bond acceptors (Lipinski definition) is 3. The van der Waals surface area contributed by atoms with Gasteiger partial charge in [0.15, 0.2) is 0 Å². The smallest absolute Gasteiger partial charge is 0.238 e. The Kier molecular flexibility index (Phi) is 6.15. The summed E-state index contributed by atoms with van der Waals surface area (Å²) >= 11 is 3.38. The van der Waals surface area contributed by atoms with Gasteiger partial charge in [-0.05, 0) is 53.6 Å². The third kappa shape index (κ3) is 4.66. The molecule has 0 aliphatic carbocycles. The van der Waals surface area contributed by atoms with E-state index in [-0.39, 0.29) is 5.91 Å². The average Bonchev–Trinajstić information content (AvgIpc) is 2.32. The molecule has 0 bridgehead atoms. The molecule has 1 aromatic carbocycles. The van der Waals surface area contributed by atoms with E-state index in [4.69, 9.17) is 5.73 Å². The molecule has 0 spiro atoms. The first-order valence-electron chi connectivity index (χ1n) is 6.14. The molecular weight excluding hydrogens is 294 g/mol. The first-order chi connectivity index (χ1) is 8.56. The quantitative estimate of drug-likeness (QED) is 0.794. The number of nitrogens with two attached hydrogens (primary N) is 1. The monoisotopic (exact) mass is 313 g/mol. The number of nitrogens with zero attached hydrogens (tertiary/aromatic N) is 1. The molecule has 0 aromatic heterocycles. The highest BCUT2D eigenvalue weighted by Crippen LogP contribution is 2.24. The Bertz CT molecular complexity index is 409. The minimum Gasteiger partial charge on any atom is -0.399 e. The van der Waals surface area contributed by atoms with Gasteiger partial charge in [0.25, 0.3) is 0 Å². The van der Waals surface area contributed by atoms with Crippen molar-refractivity contribution in [1.82, 2.24) is 4.90 Å². The summed E-state index contributed by atoms with van der Waals surface area (Å²) in [6.45, 7) is 6.40. The van der Waals surface area contributed by atoms with Gasteiger partial charge in [0.1, 0.15) is 0 Å². The zero-order valence-corrected chi connectivity index (χ0v) is 12.5. The number of likely N-dealkylation sites (N-methyl/N-ethyl adjacent to an activating group) is 1. The van der Waals surface area contributed by atoms with Gasteiger partial charge in [0, 0.05) is 10.2 Å². The number of halogens is 1. The van der Waals surface area contributed by atoms with Crippen molar-refractivity contribution >= 4 is 33.2 Å². The van der Waals surface area contributed by atoms with Crippen LogP contribution in [0.2, 0.25) is 0 Å². The number of hydrogen-bond donors (Lipinski definition) is 2. The van der Waals surface area contributed by atoms with Crippen molar-refractivity contribution in [3.8, 4) is 0 Å². The van der Waals surface area contributed by atoms with Gasteiger partial charge in [-0.2, -0.15) is 0 Å². The van der Waals surface area contributed by atoms with Crippen LogP contribution in [0.3, 0.4) is 0 Å². The molecule has 0 unspecified atom stereocenters. The summed E-state index contributed by atoms with van der Waals surface area (Å²) in [4.78, 5) is 14.0. The second kappa shape index (κ2) is 7.38. The third-order valence-electron chi connectivity index (χ3n) is 2.62. The van der Waals surface area contributed by atoms with Gasteiger partial charge >= 0.3 is 0 Å². The number of rotatable bonds is 6. The molecule has 18 heavy (non-hydrogen) atoms. The number of carbonyl (C=O) groups excluding carboxylic acids is 1. The van der Waals surface area contributed by atoms with Crippen LogP contribution in [0.1, 0.15) is 20.3 Å². The number of anilines is 2. The van der Waals surface area contributed by atoms with E-state index in [0.29, 0.717) is 12.2 Å². The van der Waals surface area contributed by atoms with Gasteiger partial charge in [-0.25, -0.2) is 0 Å². The zero-order valence-electron chi connectivity index (χ0n) is 10.9. The first-order valence-corrected chi connectivity index (χ1v) is 6.93. The molecule has 0 atom stereocenters. The number of amides is 1. The molecule has 3 N–H and O–H groups in total. The molecular formula is C13H20BrN3O. The highest BCUT2D eigenvalue weighted by molar-refractivity contribution is 9.10. The van der Waals surface area contributed by atoms with Crippen LogP contribution in [-0.2, 0) is 4.79 Å². The first kappa shape index (κ1) is 15.0. The number of carbonyl (C=O) groups is 1. The third-order valence-corrected chi connectivity index (χ3v) is 3.28. The summed E-state index contributed by atoms with van der Waals surface area (Å²) in [7, 11) is 0. The molecule has 0 saturated carbocycles. The van der Waals surface area contributed by atoms with Gasteiger partial charge in [0.05, 0.1) is 12.2 Å². The van der Waals surface area contributed by atoms with Gasteiger partial charge in [-0.3, -0.25) is 9.69 Å². The summed E-state index contributed by atoms with van der Waals surface area (Å²) in [5, 5.41) is 2.88. The lowest BCUT2D eigenvalue weighted by Gasteiger charge is -2.19. The molecule has 0 aliphatic rings. The summed E-state index contributed by atoms with van der Waals surface area (Å²) in [6.07, 6.45) is 1.05. The maximum absolute atomic E-state index is 11.9. The van der Waals surface area contributed by atoms with Crippen molar-refractivity contribution in [2.24, 2.45) is 0 Å². The average molecular weight is 314 g/mol. The van der Waals surface area contributed by atoms with Crippen LogP contribution in [0.5, 0.6) is 0 Å². The lowest BCUT2D eigenvalue weighted by Crippen LogP contribution is -2.33. The summed E-state index contributed by atoms with van der Waals surface area (Å²) in [5.74, 6) is -0.00392. The number of nitrogens with one attached hydrogen (secondary N) is 1. The summed E-state index contributed by atoms with van der Waals surface area (Å²) in [5.41, 5.74) is 7.07. The second-order valence-electron chi connectivity index (χ2n) is 4.16.